The summed E-state index contributed by atoms with van der Waals surface area (Å²) in [5.41, 5.74) is 11.2. The summed E-state index contributed by atoms with van der Waals surface area (Å²) >= 11 is 0. The van der Waals surface area contributed by atoms with Crippen LogP contribution in [0.4, 0.5) is 4.79 Å². The molecular weight excluding hydrogens is 176 g/mol. The van der Waals surface area contributed by atoms with Crippen LogP contribution in [0.3, 0.4) is 0 Å². The molecule has 0 aliphatic heterocycles. The number of carboxylic acid groups (broad SMARTS) is 1. The van der Waals surface area contributed by atoms with Crippen LogP contribution in [-0.4, -0.2) is 23.1 Å². The SMILES string of the molecule is CC(C)[C@H](N)C(=O)O.NNC(N)=O. The van der Waals surface area contributed by atoms with Crippen LogP contribution >= 0.6 is 0 Å². The number of nitrogens with one attached hydrogen (secondary N) is 1. The number of primary amides is 1. The minimum absolute atomic E-state index is 0.0208. The van der Waals surface area contributed by atoms with Gasteiger partial charge in [-0.1, -0.05) is 13.8 Å². The summed E-state index contributed by atoms with van der Waals surface area (Å²) in [6, 6.07) is -1.43. The van der Waals surface area contributed by atoms with Crippen LogP contribution in [0.2, 0.25) is 0 Å². The van der Waals surface area contributed by atoms with Crippen molar-refractivity contribution < 1.29 is 14.7 Å². The van der Waals surface area contributed by atoms with E-state index in [0.717, 1.165) is 0 Å². The van der Waals surface area contributed by atoms with Crippen molar-refractivity contribution in [3.8, 4) is 0 Å². The second-order valence-corrected chi connectivity index (χ2v) is 2.62. The van der Waals surface area contributed by atoms with Gasteiger partial charge in [-0.05, 0) is 5.92 Å². The predicted octanol–water partition coefficient (Wildman–Crippen LogP) is -1.42. The lowest BCUT2D eigenvalue weighted by Crippen LogP contribution is -2.34. The molecule has 7 nitrogen and oxygen atoms in total. The zero-order valence-corrected chi connectivity index (χ0v) is 7.65. The molecule has 0 spiro atoms. The number of carboxylic acids is 1. The highest BCUT2D eigenvalue weighted by molar-refractivity contribution is 5.73. The number of urea groups is 1. The van der Waals surface area contributed by atoms with Crippen molar-refractivity contribution in [3.05, 3.63) is 0 Å². The van der Waals surface area contributed by atoms with Crippen molar-refractivity contribution in [1.82, 2.24) is 5.43 Å². The van der Waals surface area contributed by atoms with Gasteiger partial charge in [0.15, 0.2) is 0 Å². The molecule has 2 amide bonds. The van der Waals surface area contributed by atoms with Crippen LogP contribution in [0.5, 0.6) is 0 Å². The molecule has 0 aromatic carbocycles. The smallest absolute Gasteiger partial charge is 0.326 e. The second-order valence-electron chi connectivity index (χ2n) is 2.62. The summed E-state index contributed by atoms with van der Waals surface area (Å²) in [6.07, 6.45) is 0. The topological polar surface area (TPSA) is 144 Å². The molecule has 13 heavy (non-hydrogen) atoms. The molecule has 78 valence electrons. The molecule has 1 atom stereocenters. The zero-order valence-electron chi connectivity index (χ0n) is 7.65. The van der Waals surface area contributed by atoms with Gasteiger partial charge in [-0.15, -0.1) is 0 Å². The highest BCUT2D eigenvalue weighted by Gasteiger charge is 2.14. The summed E-state index contributed by atoms with van der Waals surface area (Å²) in [5, 5.41) is 8.23. The van der Waals surface area contributed by atoms with Crippen LogP contribution in [0, 0.1) is 5.92 Å². The molecule has 0 aliphatic rings. The molecule has 0 aromatic rings. The van der Waals surface area contributed by atoms with Crippen molar-refractivity contribution in [2.75, 3.05) is 0 Å². The van der Waals surface area contributed by atoms with E-state index in [-0.39, 0.29) is 5.92 Å². The first kappa shape index (κ1) is 14.2. The summed E-state index contributed by atoms with van der Waals surface area (Å²) < 4.78 is 0. The van der Waals surface area contributed by atoms with E-state index in [4.69, 9.17) is 10.8 Å². The average molecular weight is 192 g/mol. The summed E-state index contributed by atoms with van der Waals surface area (Å²) in [5.74, 6) is 3.54. The molecule has 7 heteroatoms. The van der Waals surface area contributed by atoms with E-state index in [2.05, 4.69) is 11.6 Å². The molecule has 0 saturated carbocycles. The van der Waals surface area contributed by atoms with Crippen molar-refractivity contribution in [1.29, 1.82) is 0 Å². The third-order valence-electron chi connectivity index (χ3n) is 1.15. The number of hydrazine groups is 1. The van der Waals surface area contributed by atoms with Gasteiger partial charge in [0.2, 0.25) is 0 Å². The summed E-state index contributed by atoms with van der Waals surface area (Å²) in [6.45, 7) is 3.55. The average Bonchev–Trinajstić information content (AvgIpc) is 2.03. The van der Waals surface area contributed by atoms with Gasteiger partial charge in [0.1, 0.15) is 6.04 Å². The lowest BCUT2D eigenvalue weighted by Gasteiger charge is -2.07. The van der Waals surface area contributed by atoms with E-state index in [9.17, 15) is 9.59 Å². The normalized spacial score (nSPS) is 11.2. The number of rotatable bonds is 2. The highest BCUT2D eigenvalue weighted by Crippen LogP contribution is 1.96. The molecule has 0 unspecified atom stereocenters. The number of aliphatic carboxylic acids is 1. The standard InChI is InChI=1S/C5H11NO2.CH5N3O/c1-3(2)4(6)5(7)8;2-1(5)4-3/h3-4H,6H2,1-2H3,(H,7,8);3H2,(H3,2,4,5)/t4-;/m0./s1. The van der Waals surface area contributed by atoms with Crippen LogP contribution in [-0.2, 0) is 4.79 Å². The minimum atomic E-state index is -0.931. The number of hydrogen-bond donors (Lipinski definition) is 5. The molecule has 0 fully saturated rings. The number of amides is 2. The highest BCUT2D eigenvalue weighted by atomic mass is 16.4. The Morgan fingerprint density at radius 3 is 1.69 bits per heavy atom. The van der Waals surface area contributed by atoms with Crippen molar-refractivity contribution in [2.24, 2.45) is 23.2 Å². The fraction of sp³-hybridized carbons (Fsp3) is 0.667. The fourth-order valence-electron chi connectivity index (χ4n) is 0.285. The van der Waals surface area contributed by atoms with E-state index < -0.39 is 18.0 Å². The van der Waals surface area contributed by atoms with E-state index >= 15 is 0 Å². The first-order valence-electron chi connectivity index (χ1n) is 3.57. The lowest BCUT2D eigenvalue weighted by atomic mass is 10.1. The number of hydrogen-bond acceptors (Lipinski definition) is 4. The molecule has 0 bridgehead atoms. The van der Waals surface area contributed by atoms with Gasteiger partial charge in [-0.25, -0.2) is 10.6 Å². The van der Waals surface area contributed by atoms with Gasteiger partial charge in [0, 0.05) is 0 Å². The van der Waals surface area contributed by atoms with Gasteiger partial charge >= 0.3 is 12.0 Å². The molecule has 0 radical (unpaired) electrons. The molecule has 0 saturated heterocycles. The maximum absolute atomic E-state index is 10.0. The molecule has 0 aromatic heterocycles. The van der Waals surface area contributed by atoms with Gasteiger partial charge in [0.25, 0.3) is 0 Å². The third-order valence-corrected chi connectivity index (χ3v) is 1.15. The van der Waals surface area contributed by atoms with Gasteiger partial charge in [-0.3, -0.25) is 10.2 Å². The lowest BCUT2D eigenvalue weighted by molar-refractivity contribution is -0.139. The summed E-state index contributed by atoms with van der Waals surface area (Å²) in [4.78, 5) is 19.4. The Labute approximate surface area is 76.2 Å². The number of carbonyl (C=O) groups is 2. The van der Waals surface area contributed by atoms with Crippen LogP contribution in [0.25, 0.3) is 0 Å². The zero-order chi connectivity index (χ0) is 11.0. The summed E-state index contributed by atoms with van der Waals surface area (Å²) in [7, 11) is 0. The Hall–Kier alpha value is -1.34. The maximum atomic E-state index is 10.0. The first-order chi connectivity index (χ1) is 5.82. The van der Waals surface area contributed by atoms with E-state index in [0.29, 0.717) is 0 Å². The van der Waals surface area contributed by atoms with E-state index in [1.54, 1.807) is 19.3 Å². The predicted molar refractivity (Wildman–Crippen MR) is 47.4 cm³/mol. The van der Waals surface area contributed by atoms with Gasteiger partial charge < -0.3 is 16.6 Å². The third kappa shape index (κ3) is 10.7. The molecule has 0 rings (SSSR count). The molecule has 8 N–H and O–H groups in total. The molecule has 0 aliphatic carbocycles. The Bertz CT molecular complexity index is 171. The second kappa shape index (κ2) is 7.32. The van der Waals surface area contributed by atoms with Crippen molar-refractivity contribution >= 4 is 12.0 Å². The van der Waals surface area contributed by atoms with Crippen LogP contribution < -0.4 is 22.7 Å². The van der Waals surface area contributed by atoms with Crippen LogP contribution in [0.15, 0.2) is 0 Å². The Morgan fingerprint density at radius 2 is 1.69 bits per heavy atom. The largest absolute Gasteiger partial charge is 0.480 e. The first-order valence-corrected chi connectivity index (χ1v) is 3.57. The minimum Gasteiger partial charge on any atom is -0.480 e. The molecular formula is C6H16N4O3. The quantitative estimate of drug-likeness (QED) is 0.207. The monoisotopic (exact) mass is 192 g/mol. The van der Waals surface area contributed by atoms with E-state index in [1.807, 2.05) is 0 Å². The number of carbonyl (C=O) groups excluding carboxylic acids is 1. The Morgan fingerprint density at radius 1 is 1.38 bits per heavy atom. The fourth-order valence-corrected chi connectivity index (χ4v) is 0.285. The Balaban J connectivity index is 0. The Kier molecular flexibility index (Phi) is 7.99. The van der Waals surface area contributed by atoms with Crippen molar-refractivity contribution in [3.63, 3.8) is 0 Å². The van der Waals surface area contributed by atoms with Crippen LogP contribution in [0.1, 0.15) is 13.8 Å². The van der Waals surface area contributed by atoms with Gasteiger partial charge in [-0.2, -0.15) is 0 Å². The maximum Gasteiger partial charge on any atom is 0.326 e. The molecule has 0 heterocycles. The van der Waals surface area contributed by atoms with Crippen molar-refractivity contribution in [2.45, 2.75) is 19.9 Å². The van der Waals surface area contributed by atoms with Gasteiger partial charge in [0.05, 0.1) is 0 Å². The number of nitrogens with two attached hydrogens (primary N) is 3. The van der Waals surface area contributed by atoms with E-state index in [1.165, 1.54) is 0 Å².